The molecule has 1 aromatic heterocycles. The third-order valence-corrected chi connectivity index (χ3v) is 4.16. The highest BCUT2D eigenvalue weighted by Crippen LogP contribution is 2.20. The summed E-state index contributed by atoms with van der Waals surface area (Å²) in [6, 6.07) is 14.9. The topological polar surface area (TPSA) is 36.1 Å². The van der Waals surface area contributed by atoms with E-state index in [0.29, 0.717) is 16.9 Å². The maximum absolute atomic E-state index is 13.2. The quantitative estimate of drug-likeness (QED) is 0.292. The number of hydrogen-bond donors (Lipinski definition) is 2. The molecule has 0 radical (unpaired) electrons. The zero-order valence-electron chi connectivity index (χ0n) is 14.5. The van der Waals surface area contributed by atoms with Crippen molar-refractivity contribution in [2.45, 2.75) is 6.92 Å². The van der Waals surface area contributed by atoms with Crippen molar-refractivity contribution < 1.29 is 18.5 Å². The minimum Gasteiger partial charge on any atom is -0.502 e. The molecule has 3 aromatic rings. The van der Waals surface area contributed by atoms with Crippen LogP contribution in [0.25, 0.3) is 11.5 Å². The summed E-state index contributed by atoms with van der Waals surface area (Å²) in [5.41, 5.74) is 2.29. The standard InChI is InChI=1S/C21H16F2N2OS/c1-14-3-2-12-25(13-14)19(20(26)15-4-6-16(22)7-5-15)21(27)24-18-10-8-17(23)9-11-18/h2-13H,1H3,(H-,24,26,27)/p+1. The fourth-order valence-electron chi connectivity index (χ4n) is 2.55. The molecule has 0 amide bonds. The number of nitrogens with one attached hydrogen (secondary N) is 1. The Hall–Kier alpha value is -3.12. The van der Waals surface area contributed by atoms with E-state index in [2.05, 4.69) is 5.32 Å². The number of thiocarbonyl (C=S) groups is 1. The second-order valence-corrected chi connectivity index (χ2v) is 6.36. The third kappa shape index (κ3) is 4.54. The molecule has 0 aliphatic heterocycles. The minimum absolute atomic E-state index is 0.106. The Morgan fingerprint density at radius 3 is 2.15 bits per heavy atom. The predicted molar refractivity (Wildman–Crippen MR) is 106 cm³/mol. The zero-order chi connectivity index (χ0) is 19.4. The van der Waals surface area contributed by atoms with Crippen molar-refractivity contribution in [3.63, 3.8) is 0 Å². The van der Waals surface area contributed by atoms with Gasteiger partial charge in [-0.25, -0.2) is 8.78 Å². The molecule has 27 heavy (non-hydrogen) atoms. The van der Waals surface area contributed by atoms with Crippen molar-refractivity contribution in [3.05, 3.63) is 95.8 Å². The van der Waals surface area contributed by atoms with Gasteiger partial charge >= 0.3 is 0 Å². The van der Waals surface area contributed by atoms with Gasteiger partial charge in [0, 0.05) is 22.9 Å². The fraction of sp³-hybridized carbons (Fsp3) is 0.0476. The van der Waals surface area contributed by atoms with E-state index in [1.54, 1.807) is 22.9 Å². The van der Waals surface area contributed by atoms with Gasteiger partial charge in [-0.1, -0.05) is 12.2 Å². The number of aromatic nitrogens is 1. The first-order chi connectivity index (χ1) is 12.9. The summed E-state index contributed by atoms with van der Waals surface area (Å²) in [6.45, 7) is 1.92. The monoisotopic (exact) mass is 383 g/mol. The summed E-state index contributed by atoms with van der Waals surface area (Å²) in [5.74, 6) is -0.863. The average Bonchev–Trinajstić information content (AvgIpc) is 2.64. The van der Waals surface area contributed by atoms with E-state index in [0.717, 1.165) is 5.56 Å². The summed E-state index contributed by atoms with van der Waals surface area (Å²) in [7, 11) is 0. The summed E-state index contributed by atoms with van der Waals surface area (Å²) in [5, 5.41) is 13.9. The normalized spacial score (nSPS) is 11.7. The lowest BCUT2D eigenvalue weighted by atomic mass is 10.1. The molecule has 3 rings (SSSR count). The lowest BCUT2D eigenvalue weighted by Gasteiger charge is -2.10. The molecule has 0 aliphatic rings. The van der Waals surface area contributed by atoms with Crippen LogP contribution < -0.4 is 9.88 Å². The predicted octanol–water partition coefficient (Wildman–Crippen LogP) is 4.88. The first-order valence-electron chi connectivity index (χ1n) is 8.18. The number of benzene rings is 2. The number of aliphatic hydroxyl groups excluding tert-OH is 1. The van der Waals surface area contributed by atoms with Crippen LogP contribution in [-0.4, -0.2) is 10.1 Å². The van der Waals surface area contributed by atoms with Crippen LogP contribution in [0.4, 0.5) is 14.5 Å². The van der Waals surface area contributed by atoms with E-state index < -0.39 is 5.82 Å². The van der Waals surface area contributed by atoms with Crippen LogP contribution in [-0.2, 0) is 0 Å². The van der Waals surface area contributed by atoms with Crippen molar-refractivity contribution in [2.24, 2.45) is 0 Å². The largest absolute Gasteiger partial charge is 0.502 e. The second kappa shape index (κ2) is 8.05. The van der Waals surface area contributed by atoms with Crippen molar-refractivity contribution >= 4 is 34.3 Å². The van der Waals surface area contributed by atoms with Gasteiger partial charge in [-0.3, -0.25) is 0 Å². The average molecular weight is 383 g/mol. The molecule has 0 unspecified atom stereocenters. The van der Waals surface area contributed by atoms with Crippen LogP contribution in [0.1, 0.15) is 11.1 Å². The number of rotatable bonds is 4. The molecule has 136 valence electrons. The van der Waals surface area contributed by atoms with Gasteiger partial charge in [-0.2, -0.15) is 4.57 Å². The molecule has 0 atom stereocenters. The maximum atomic E-state index is 13.2. The van der Waals surface area contributed by atoms with Gasteiger partial charge in [0.05, 0.1) is 0 Å². The van der Waals surface area contributed by atoms with E-state index >= 15 is 0 Å². The molecular weight excluding hydrogens is 366 g/mol. The molecule has 2 N–H and O–H groups in total. The molecule has 6 heteroatoms. The summed E-state index contributed by atoms with van der Waals surface area (Å²) >= 11 is 5.50. The molecule has 2 aromatic carbocycles. The molecule has 0 bridgehead atoms. The van der Waals surface area contributed by atoms with Gasteiger partial charge in [-0.15, -0.1) is 0 Å². The highest BCUT2D eigenvalue weighted by molar-refractivity contribution is 7.81. The summed E-state index contributed by atoms with van der Waals surface area (Å²) in [4.78, 5) is 0.235. The van der Waals surface area contributed by atoms with Crippen LogP contribution in [0.5, 0.6) is 0 Å². The van der Waals surface area contributed by atoms with E-state index in [-0.39, 0.29) is 16.6 Å². The molecular formula is C21H17F2N2OS+. The Kier molecular flexibility index (Phi) is 5.57. The van der Waals surface area contributed by atoms with Crippen molar-refractivity contribution in [1.82, 2.24) is 0 Å². The van der Waals surface area contributed by atoms with Gasteiger partial charge < -0.3 is 10.4 Å². The molecule has 0 aliphatic carbocycles. The summed E-state index contributed by atoms with van der Waals surface area (Å²) in [6.07, 6.45) is 3.56. The van der Waals surface area contributed by atoms with Crippen LogP contribution in [0.2, 0.25) is 0 Å². The van der Waals surface area contributed by atoms with Gasteiger partial charge in [0.2, 0.25) is 0 Å². The molecule has 1 heterocycles. The molecule has 3 nitrogen and oxygen atoms in total. The number of hydrogen-bond acceptors (Lipinski definition) is 2. The van der Waals surface area contributed by atoms with E-state index in [4.69, 9.17) is 12.2 Å². The molecule has 0 spiro atoms. The molecule has 0 saturated carbocycles. The highest BCUT2D eigenvalue weighted by atomic mass is 32.1. The van der Waals surface area contributed by atoms with Gasteiger partial charge in [-0.05, 0) is 61.5 Å². The Labute approximate surface area is 161 Å². The zero-order valence-corrected chi connectivity index (χ0v) is 15.3. The first-order valence-corrected chi connectivity index (χ1v) is 8.59. The van der Waals surface area contributed by atoms with Crippen LogP contribution >= 0.6 is 12.2 Å². The number of aryl methyl sites for hydroxylation is 1. The number of pyridine rings is 1. The van der Waals surface area contributed by atoms with Crippen molar-refractivity contribution in [1.29, 1.82) is 0 Å². The smallest absolute Gasteiger partial charge is 0.288 e. The minimum atomic E-state index is -0.400. The van der Waals surface area contributed by atoms with Gasteiger partial charge in [0.1, 0.15) is 11.6 Å². The van der Waals surface area contributed by atoms with E-state index in [1.165, 1.54) is 36.4 Å². The highest BCUT2D eigenvalue weighted by Gasteiger charge is 2.24. The van der Waals surface area contributed by atoms with Crippen molar-refractivity contribution in [3.8, 4) is 0 Å². The number of halogens is 2. The van der Waals surface area contributed by atoms with Crippen LogP contribution in [0.15, 0.2) is 73.1 Å². The Bertz CT molecular complexity index is 999. The lowest BCUT2D eigenvalue weighted by Crippen LogP contribution is -2.38. The van der Waals surface area contributed by atoms with E-state index in [1.807, 2.05) is 25.3 Å². The maximum Gasteiger partial charge on any atom is 0.288 e. The van der Waals surface area contributed by atoms with Gasteiger partial charge in [0.25, 0.3) is 5.70 Å². The molecule has 0 fully saturated rings. The van der Waals surface area contributed by atoms with Crippen molar-refractivity contribution in [2.75, 3.05) is 5.32 Å². The first kappa shape index (κ1) is 18.7. The Balaban J connectivity index is 2.06. The molecule has 0 saturated heterocycles. The lowest BCUT2D eigenvalue weighted by molar-refractivity contribution is -0.576. The van der Waals surface area contributed by atoms with E-state index in [9.17, 15) is 13.9 Å². The van der Waals surface area contributed by atoms with Crippen LogP contribution in [0.3, 0.4) is 0 Å². The Morgan fingerprint density at radius 2 is 1.56 bits per heavy atom. The summed E-state index contributed by atoms with van der Waals surface area (Å²) < 4.78 is 28.1. The van der Waals surface area contributed by atoms with Gasteiger partial charge in [0.15, 0.2) is 23.1 Å². The Morgan fingerprint density at radius 1 is 0.963 bits per heavy atom. The third-order valence-electron chi connectivity index (χ3n) is 3.87. The SMILES string of the molecule is Cc1ccc[n+](C(C(=S)Nc2ccc(F)cc2)=C(O)c2ccc(F)cc2)c1. The fourth-order valence-corrected chi connectivity index (χ4v) is 2.87. The second-order valence-electron chi connectivity index (χ2n) is 5.95. The number of nitrogens with zero attached hydrogens (tertiary/aromatic N) is 1. The number of aliphatic hydroxyl groups is 1. The van der Waals surface area contributed by atoms with Crippen LogP contribution in [0, 0.1) is 18.6 Å². The number of anilines is 1.